The molecule has 0 saturated carbocycles. The van der Waals surface area contributed by atoms with Crippen molar-refractivity contribution in [3.05, 3.63) is 69.4 Å². The molecule has 0 atom stereocenters. The average molecular weight is 350 g/mol. The summed E-state index contributed by atoms with van der Waals surface area (Å²) >= 11 is 3.10. The summed E-state index contributed by atoms with van der Waals surface area (Å²) in [4.78, 5) is 12.1. The van der Waals surface area contributed by atoms with Crippen LogP contribution in [0, 0.1) is 5.82 Å². The van der Waals surface area contributed by atoms with Gasteiger partial charge in [-0.2, -0.15) is 0 Å². The third-order valence-electron chi connectivity index (χ3n) is 3.30. The molecule has 0 aromatic heterocycles. The molecule has 0 aliphatic rings. The average Bonchev–Trinajstić information content (AvgIpc) is 2.48. The van der Waals surface area contributed by atoms with Gasteiger partial charge in [0.1, 0.15) is 5.82 Å². The molecule has 2 aromatic carbocycles. The Morgan fingerprint density at radius 3 is 2.48 bits per heavy atom. The minimum atomic E-state index is -0.441. The van der Waals surface area contributed by atoms with E-state index in [9.17, 15) is 9.18 Å². The summed E-state index contributed by atoms with van der Waals surface area (Å²) < 4.78 is 13.6. The molecular formula is C17H17BrFNO. The summed E-state index contributed by atoms with van der Waals surface area (Å²) in [5.41, 5.74) is 2.58. The van der Waals surface area contributed by atoms with E-state index >= 15 is 0 Å². The predicted molar refractivity (Wildman–Crippen MR) is 85.8 cm³/mol. The minimum Gasteiger partial charge on any atom is -0.348 e. The van der Waals surface area contributed by atoms with Gasteiger partial charge in [-0.3, -0.25) is 4.79 Å². The van der Waals surface area contributed by atoms with Crippen LogP contribution in [0.25, 0.3) is 0 Å². The standard InChI is InChI=1S/C17H17BrFNO/c1-11(2)13-8-6-12(7-9-13)10-20-17(21)14-4-3-5-15(19)16(14)18/h3-9,11H,10H2,1-2H3,(H,20,21). The number of benzene rings is 2. The number of hydrogen-bond donors (Lipinski definition) is 1. The highest BCUT2D eigenvalue weighted by Crippen LogP contribution is 2.20. The second kappa shape index (κ2) is 6.85. The SMILES string of the molecule is CC(C)c1ccc(CNC(=O)c2cccc(F)c2Br)cc1. The van der Waals surface area contributed by atoms with E-state index in [-0.39, 0.29) is 10.4 Å². The van der Waals surface area contributed by atoms with Crippen LogP contribution >= 0.6 is 15.9 Å². The van der Waals surface area contributed by atoms with Gasteiger partial charge in [-0.05, 0) is 45.1 Å². The third kappa shape index (κ3) is 3.91. The topological polar surface area (TPSA) is 29.1 Å². The van der Waals surface area contributed by atoms with Crippen molar-refractivity contribution in [2.75, 3.05) is 0 Å². The van der Waals surface area contributed by atoms with Crippen molar-refractivity contribution < 1.29 is 9.18 Å². The van der Waals surface area contributed by atoms with Gasteiger partial charge in [-0.15, -0.1) is 0 Å². The Hall–Kier alpha value is -1.68. The molecule has 1 amide bonds. The molecule has 0 unspecified atom stereocenters. The lowest BCUT2D eigenvalue weighted by molar-refractivity contribution is 0.0949. The normalized spacial score (nSPS) is 10.7. The van der Waals surface area contributed by atoms with Crippen LogP contribution in [0.3, 0.4) is 0 Å². The van der Waals surface area contributed by atoms with Crippen LogP contribution in [0.15, 0.2) is 46.9 Å². The predicted octanol–water partition coefficient (Wildman–Crippen LogP) is 4.64. The van der Waals surface area contributed by atoms with Crippen molar-refractivity contribution in [3.63, 3.8) is 0 Å². The van der Waals surface area contributed by atoms with Crippen LogP contribution < -0.4 is 5.32 Å². The molecule has 0 bridgehead atoms. The maximum absolute atomic E-state index is 13.4. The van der Waals surface area contributed by atoms with Gasteiger partial charge in [-0.25, -0.2) is 4.39 Å². The zero-order valence-corrected chi connectivity index (χ0v) is 13.6. The van der Waals surface area contributed by atoms with E-state index in [1.165, 1.54) is 17.7 Å². The van der Waals surface area contributed by atoms with E-state index in [4.69, 9.17) is 0 Å². The van der Waals surface area contributed by atoms with E-state index in [1.807, 2.05) is 12.1 Å². The summed E-state index contributed by atoms with van der Waals surface area (Å²) in [5, 5.41) is 2.80. The molecule has 110 valence electrons. The molecule has 2 nitrogen and oxygen atoms in total. The number of halogens is 2. The molecule has 0 aliphatic carbocycles. The van der Waals surface area contributed by atoms with Gasteiger partial charge in [0, 0.05) is 6.54 Å². The smallest absolute Gasteiger partial charge is 0.252 e. The number of nitrogens with one attached hydrogen (secondary N) is 1. The zero-order valence-electron chi connectivity index (χ0n) is 12.0. The van der Waals surface area contributed by atoms with E-state index in [1.54, 1.807) is 6.07 Å². The summed E-state index contributed by atoms with van der Waals surface area (Å²) in [7, 11) is 0. The number of rotatable bonds is 4. The van der Waals surface area contributed by atoms with Gasteiger partial charge >= 0.3 is 0 Å². The highest BCUT2D eigenvalue weighted by molar-refractivity contribution is 9.10. The molecular weight excluding hydrogens is 333 g/mol. The monoisotopic (exact) mass is 349 g/mol. The van der Waals surface area contributed by atoms with Crippen molar-refractivity contribution in [2.24, 2.45) is 0 Å². The van der Waals surface area contributed by atoms with Gasteiger partial charge in [0.2, 0.25) is 0 Å². The van der Waals surface area contributed by atoms with Gasteiger partial charge < -0.3 is 5.32 Å². The second-order valence-electron chi connectivity index (χ2n) is 5.18. The summed E-state index contributed by atoms with van der Waals surface area (Å²) in [6.07, 6.45) is 0. The Kier molecular flexibility index (Phi) is 5.12. The minimum absolute atomic E-state index is 0.192. The highest BCUT2D eigenvalue weighted by Gasteiger charge is 2.12. The number of carbonyl (C=O) groups excluding carboxylic acids is 1. The first-order chi connectivity index (χ1) is 9.99. The van der Waals surface area contributed by atoms with Gasteiger partial charge in [0.25, 0.3) is 5.91 Å². The molecule has 0 spiro atoms. The Morgan fingerprint density at radius 2 is 1.86 bits per heavy atom. The van der Waals surface area contributed by atoms with E-state index in [2.05, 4.69) is 47.2 Å². The molecule has 0 saturated heterocycles. The maximum Gasteiger partial charge on any atom is 0.252 e. The van der Waals surface area contributed by atoms with Crippen LogP contribution in [0.1, 0.15) is 41.3 Å². The van der Waals surface area contributed by atoms with Crippen LogP contribution in [0.5, 0.6) is 0 Å². The zero-order chi connectivity index (χ0) is 15.4. The fraction of sp³-hybridized carbons (Fsp3) is 0.235. The van der Waals surface area contributed by atoms with Crippen molar-refractivity contribution >= 4 is 21.8 Å². The first-order valence-corrected chi connectivity index (χ1v) is 7.59. The summed E-state index contributed by atoms with van der Waals surface area (Å²) in [6, 6.07) is 12.5. The van der Waals surface area contributed by atoms with Crippen LogP contribution in [-0.4, -0.2) is 5.91 Å². The Morgan fingerprint density at radius 1 is 1.19 bits per heavy atom. The Balaban J connectivity index is 2.02. The van der Waals surface area contributed by atoms with Crippen LogP contribution in [0.4, 0.5) is 4.39 Å². The molecule has 1 N–H and O–H groups in total. The van der Waals surface area contributed by atoms with Gasteiger partial charge in [-0.1, -0.05) is 44.2 Å². The van der Waals surface area contributed by atoms with Gasteiger partial charge in [0.05, 0.1) is 10.0 Å². The second-order valence-corrected chi connectivity index (χ2v) is 5.97. The number of carbonyl (C=O) groups is 1. The maximum atomic E-state index is 13.4. The van der Waals surface area contributed by atoms with Crippen molar-refractivity contribution in [3.8, 4) is 0 Å². The fourth-order valence-electron chi connectivity index (χ4n) is 1.98. The summed E-state index contributed by atoms with van der Waals surface area (Å²) in [5.74, 6) is -0.255. The first kappa shape index (κ1) is 15.7. The largest absolute Gasteiger partial charge is 0.348 e. The number of amides is 1. The Labute approximate surface area is 132 Å². The molecule has 0 aliphatic heterocycles. The molecule has 0 fully saturated rings. The molecule has 0 radical (unpaired) electrons. The molecule has 2 rings (SSSR count). The molecule has 0 heterocycles. The summed E-state index contributed by atoms with van der Waals surface area (Å²) in [6.45, 7) is 4.69. The molecule has 2 aromatic rings. The lowest BCUT2D eigenvalue weighted by atomic mass is 10.0. The first-order valence-electron chi connectivity index (χ1n) is 6.80. The van der Waals surface area contributed by atoms with Crippen molar-refractivity contribution in [2.45, 2.75) is 26.3 Å². The van der Waals surface area contributed by atoms with Crippen LogP contribution in [-0.2, 0) is 6.54 Å². The quantitative estimate of drug-likeness (QED) is 0.855. The van der Waals surface area contributed by atoms with Crippen LogP contribution in [0.2, 0.25) is 0 Å². The highest BCUT2D eigenvalue weighted by atomic mass is 79.9. The van der Waals surface area contributed by atoms with E-state index in [0.717, 1.165) is 5.56 Å². The number of hydrogen-bond acceptors (Lipinski definition) is 1. The van der Waals surface area contributed by atoms with Crippen molar-refractivity contribution in [1.82, 2.24) is 5.32 Å². The third-order valence-corrected chi connectivity index (χ3v) is 4.10. The lowest BCUT2D eigenvalue weighted by Crippen LogP contribution is -2.23. The van der Waals surface area contributed by atoms with E-state index in [0.29, 0.717) is 18.0 Å². The molecule has 21 heavy (non-hydrogen) atoms. The van der Waals surface area contributed by atoms with E-state index < -0.39 is 5.82 Å². The lowest BCUT2D eigenvalue weighted by Gasteiger charge is -2.09. The van der Waals surface area contributed by atoms with Gasteiger partial charge in [0.15, 0.2) is 0 Å². The molecule has 4 heteroatoms. The fourth-order valence-corrected chi connectivity index (χ4v) is 2.42. The van der Waals surface area contributed by atoms with Crippen molar-refractivity contribution in [1.29, 1.82) is 0 Å². The Bertz CT molecular complexity index is 638.